The first-order valence-corrected chi connectivity index (χ1v) is 15.4. The van der Waals surface area contributed by atoms with Gasteiger partial charge in [-0.25, -0.2) is 39.9 Å². The minimum Gasteiger partial charge on any atom is -0.346 e. The van der Waals surface area contributed by atoms with Crippen LogP contribution in [0.1, 0.15) is 33.7 Å². The molecule has 0 radical (unpaired) electrons. The van der Waals surface area contributed by atoms with Crippen molar-refractivity contribution in [1.29, 1.82) is 0 Å². The number of nitrogens with zero attached hydrogens (tertiary/aromatic N) is 4. The van der Waals surface area contributed by atoms with Crippen LogP contribution in [0.5, 0.6) is 0 Å². The van der Waals surface area contributed by atoms with Crippen molar-refractivity contribution in [2.24, 2.45) is 0 Å². The maximum atomic E-state index is 14.0. The van der Waals surface area contributed by atoms with Gasteiger partial charge in [0.2, 0.25) is 0 Å². The van der Waals surface area contributed by atoms with Crippen LogP contribution < -0.4 is 10.9 Å². The number of carbonyl (C=O) groups is 1. The number of fused-ring (bicyclic) bond motifs is 1. The summed E-state index contributed by atoms with van der Waals surface area (Å²) in [6, 6.07) is 19.3. The molecule has 2 aromatic carbocycles. The second kappa shape index (κ2) is 12.6. The lowest BCUT2D eigenvalue weighted by molar-refractivity contribution is 0.0948. The number of nitrogens with one attached hydrogen (secondary N) is 1. The van der Waals surface area contributed by atoms with E-state index in [4.69, 9.17) is 0 Å². The topological polar surface area (TPSA) is 116 Å². The molecule has 0 saturated carbocycles. The van der Waals surface area contributed by atoms with E-state index >= 15 is 0 Å². The zero-order chi connectivity index (χ0) is 33.3. The Bertz CT molecular complexity index is 2310. The average Bonchev–Trinajstić information content (AvgIpc) is 3.47. The van der Waals surface area contributed by atoms with Crippen LogP contribution >= 0.6 is 0 Å². The Hall–Kier alpha value is -5.63. The van der Waals surface area contributed by atoms with Gasteiger partial charge in [-0.15, -0.1) is 0 Å². The minimum atomic E-state index is -4.11. The smallest absolute Gasteiger partial charge is 0.280 e. The highest BCUT2D eigenvalue weighted by Crippen LogP contribution is 2.34. The zero-order valence-corrected chi connectivity index (χ0v) is 25.0. The summed E-state index contributed by atoms with van der Waals surface area (Å²) < 4.78 is 84.1. The van der Waals surface area contributed by atoms with E-state index in [0.29, 0.717) is 5.39 Å². The zero-order valence-electron chi connectivity index (χ0n) is 24.1. The van der Waals surface area contributed by atoms with Crippen LogP contribution in [0.3, 0.4) is 0 Å². The highest BCUT2D eigenvalue weighted by atomic mass is 32.2. The molecular formula is C33H23F4N5O4S. The summed E-state index contributed by atoms with van der Waals surface area (Å²) in [6.07, 6.45) is 1.09. The molecule has 6 aromatic rings. The first-order chi connectivity index (χ1) is 22.5. The van der Waals surface area contributed by atoms with Crippen molar-refractivity contribution < 1.29 is 30.8 Å². The Morgan fingerprint density at radius 2 is 1.70 bits per heavy atom. The second-order valence-electron chi connectivity index (χ2n) is 10.4. The Balaban J connectivity index is 1.31. The molecule has 0 saturated heterocycles. The molecule has 47 heavy (non-hydrogen) atoms. The van der Waals surface area contributed by atoms with E-state index in [1.54, 1.807) is 30.3 Å². The van der Waals surface area contributed by atoms with Crippen LogP contribution in [0.2, 0.25) is 0 Å². The number of halogens is 4. The Morgan fingerprint density at radius 1 is 0.915 bits per heavy atom. The average molecular weight is 662 g/mol. The first-order valence-electron chi connectivity index (χ1n) is 14.0. The van der Waals surface area contributed by atoms with E-state index < -0.39 is 45.2 Å². The van der Waals surface area contributed by atoms with Gasteiger partial charge < -0.3 is 9.88 Å². The molecule has 0 spiro atoms. The fourth-order valence-electron chi connectivity index (χ4n) is 5.05. The van der Waals surface area contributed by atoms with Gasteiger partial charge in [0, 0.05) is 29.5 Å². The predicted octanol–water partition coefficient (Wildman–Crippen LogP) is 5.69. The highest BCUT2D eigenvalue weighted by molar-refractivity contribution is 7.90. The van der Waals surface area contributed by atoms with Crippen LogP contribution in [-0.4, -0.2) is 32.8 Å². The number of alkyl halides is 2. The quantitative estimate of drug-likeness (QED) is 0.199. The maximum Gasteiger partial charge on any atom is 0.280 e. The SMILES string of the molecule is O=C(NCc1cc(-c2cn(S(=O)(=O)c3ccccc3)c3ncccc23)cc(C(F)F)n1)c1cccn(Cc2ccc(F)c(F)c2)c1=O. The van der Waals surface area contributed by atoms with Crippen molar-refractivity contribution in [2.45, 2.75) is 24.4 Å². The molecule has 0 aliphatic heterocycles. The number of amides is 1. The van der Waals surface area contributed by atoms with Crippen molar-refractivity contribution in [3.8, 4) is 11.1 Å². The Labute approximate surface area is 264 Å². The third-order valence-corrected chi connectivity index (χ3v) is 8.96. The van der Waals surface area contributed by atoms with Crippen LogP contribution in [0.25, 0.3) is 22.2 Å². The van der Waals surface area contributed by atoms with Crippen molar-refractivity contribution in [3.05, 3.63) is 148 Å². The normalized spacial score (nSPS) is 11.7. The molecule has 0 atom stereocenters. The van der Waals surface area contributed by atoms with Crippen LogP contribution in [-0.2, 0) is 23.1 Å². The molecule has 0 aliphatic carbocycles. The van der Waals surface area contributed by atoms with Crippen molar-refractivity contribution in [3.63, 3.8) is 0 Å². The summed E-state index contributed by atoms with van der Waals surface area (Å²) in [5.41, 5.74) is -0.737. The predicted molar refractivity (Wildman–Crippen MR) is 164 cm³/mol. The van der Waals surface area contributed by atoms with E-state index in [2.05, 4.69) is 15.3 Å². The monoisotopic (exact) mass is 661 g/mol. The van der Waals surface area contributed by atoms with Gasteiger partial charge in [0.05, 0.1) is 23.7 Å². The summed E-state index contributed by atoms with van der Waals surface area (Å²) in [7, 11) is -4.11. The van der Waals surface area contributed by atoms with Gasteiger partial charge in [-0.3, -0.25) is 9.59 Å². The molecule has 4 heterocycles. The van der Waals surface area contributed by atoms with E-state index in [1.165, 1.54) is 55.0 Å². The standard InChI is InChI=1S/C33H23F4N5O4S/c34-27-11-10-20(14-28(27)35)18-41-13-5-9-25(33(41)44)32(43)39-17-22-15-21(16-29(40-22)30(36)37)26-19-42(31-24(26)8-4-12-38-31)47(45,46)23-6-2-1-3-7-23/h1-16,19,30H,17-18H2,(H,39,43). The third-order valence-electron chi connectivity index (χ3n) is 7.30. The van der Waals surface area contributed by atoms with Gasteiger partial charge in [0.1, 0.15) is 11.3 Å². The number of carbonyl (C=O) groups excluding carboxylic acids is 1. The summed E-state index contributed by atoms with van der Waals surface area (Å²) in [5, 5.41) is 2.89. The summed E-state index contributed by atoms with van der Waals surface area (Å²) in [4.78, 5) is 34.3. The molecule has 0 bridgehead atoms. The number of benzene rings is 2. The first kappa shape index (κ1) is 31.4. The van der Waals surface area contributed by atoms with Gasteiger partial charge in [0.15, 0.2) is 17.3 Å². The fourth-order valence-corrected chi connectivity index (χ4v) is 6.40. The van der Waals surface area contributed by atoms with Crippen LogP contribution in [0.15, 0.2) is 113 Å². The molecule has 1 N–H and O–H groups in total. The molecule has 6 rings (SSSR count). The van der Waals surface area contributed by atoms with Crippen molar-refractivity contribution >= 4 is 27.0 Å². The molecule has 14 heteroatoms. The molecule has 4 aromatic heterocycles. The largest absolute Gasteiger partial charge is 0.346 e. The van der Waals surface area contributed by atoms with E-state index in [-0.39, 0.29) is 51.6 Å². The summed E-state index contributed by atoms with van der Waals surface area (Å²) in [5.74, 6) is -2.95. The summed E-state index contributed by atoms with van der Waals surface area (Å²) >= 11 is 0. The van der Waals surface area contributed by atoms with E-state index in [1.807, 2.05) is 0 Å². The molecule has 0 aliphatic rings. The Morgan fingerprint density at radius 3 is 2.45 bits per heavy atom. The lowest BCUT2D eigenvalue weighted by Crippen LogP contribution is -2.33. The molecule has 0 fully saturated rings. The molecule has 0 unspecified atom stereocenters. The van der Waals surface area contributed by atoms with Crippen molar-refractivity contribution in [2.75, 3.05) is 0 Å². The second-order valence-corrected chi connectivity index (χ2v) is 12.2. The van der Waals surface area contributed by atoms with E-state index in [9.17, 15) is 35.6 Å². The fraction of sp³-hybridized carbons (Fsp3) is 0.0909. The number of pyridine rings is 3. The van der Waals surface area contributed by atoms with Crippen LogP contribution in [0.4, 0.5) is 17.6 Å². The van der Waals surface area contributed by atoms with Gasteiger partial charge >= 0.3 is 0 Å². The third kappa shape index (κ3) is 6.27. The van der Waals surface area contributed by atoms with Gasteiger partial charge in [-0.2, -0.15) is 0 Å². The Kier molecular flexibility index (Phi) is 8.43. The molecule has 238 valence electrons. The van der Waals surface area contributed by atoms with Crippen molar-refractivity contribution in [1.82, 2.24) is 23.8 Å². The lowest BCUT2D eigenvalue weighted by Gasteiger charge is -2.11. The van der Waals surface area contributed by atoms with Gasteiger partial charge in [-0.05, 0) is 71.8 Å². The van der Waals surface area contributed by atoms with Gasteiger partial charge in [-0.1, -0.05) is 24.3 Å². The minimum absolute atomic E-state index is 0.00491. The van der Waals surface area contributed by atoms with E-state index in [0.717, 1.165) is 26.7 Å². The molecular weight excluding hydrogens is 638 g/mol. The highest BCUT2D eigenvalue weighted by Gasteiger charge is 2.24. The number of hydrogen-bond acceptors (Lipinski definition) is 6. The lowest BCUT2D eigenvalue weighted by atomic mass is 10.0. The summed E-state index contributed by atoms with van der Waals surface area (Å²) in [6.45, 7) is -0.496. The number of hydrogen-bond donors (Lipinski definition) is 1. The van der Waals surface area contributed by atoms with Gasteiger partial charge in [0.25, 0.3) is 27.9 Å². The molecule has 1 amide bonds. The number of rotatable bonds is 9. The molecule has 9 nitrogen and oxygen atoms in total. The maximum absolute atomic E-state index is 14.0. The van der Waals surface area contributed by atoms with Crippen LogP contribution in [0, 0.1) is 11.6 Å². The number of aromatic nitrogens is 4.